The van der Waals surface area contributed by atoms with Gasteiger partial charge in [0.1, 0.15) is 12.2 Å². The standard InChI is InChI=1S/C14H20N6O/c1-8(2)12-16-10-5-4-9(6-11(10)17-12)13(21)18-14-19-15-7-20(14)3/h7-9H,4-6H2,1-3H3,(H,16,17)(H,18,19,21). The second-order valence-corrected chi connectivity index (χ2v) is 5.90. The van der Waals surface area contributed by atoms with E-state index in [2.05, 4.69) is 39.3 Å². The second-order valence-electron chi connectivity index (χ2n) is 5.90. The topological polar surface area (TPSA) is 88.5 Å². The molecule has 0 bridgehead atoms. The molecule has 0 saturated carbocycles. The molecule has 0 aromatic carbocycles. The molecule has 0 saturated heterocycles. The first kappa shape index (κ1) is 13.8. The van der Waals surface area contributed by atoms with E-state index in [0.717, 1.165) is 30.1 Å². The number of aromatic amines is 1. The fraction of sp³-hybridized carbons (Fsp3) is 0.571. The van der Waals surface area contributed by atoms with E-state index in [-0.39, 0.29) is 11.8 Å². The largest absolute Gasteiger partial charge is 0.345 e. The normalized spacial score (nSPS) is 17.8. The number of amides is 1. The van der Waals surface area contributed by atoms with E-state index in [9.17, 15) is 4.79 Å². The Morgan fingerprint density at radius 3 is 3.00 bits per heavy atom. The Morgan fingerprint density at radius 2 is 2.33 bits per heavy atom. The summed E-state index contributed by atoms with van der Waals surface area (Å²) in [6, 6.07) is 0. The third kappa shape index (κ3) is 2.68. The minimum Gasteiger partial charge on any atom is -0.345 e. The average Bonchev–Trinajstić information content (AvgIpc) is 3.04. The van der Waals surface area contributed by atoms with Crippen LogP contribution in [0.5, 0.6) is 0 Å². The maximum Gasteiger partial charge on any atom is 0.230 e. The molecule has 1 aliphatic rings. The predicted molar refractivity (Wildman–Crippen MR) is 77.8 cm³/mol. The summed E-state index contributed by atoms with van der Waals surface area (Å²) in [6.07, 6.45) is 3.94. The van der Waals surface area contributed by atoms with Crippen molar-refractivity contribution in [2.24, 2.45) is 13.0 Å². The molecule has 0 fully saturated rings. The quantitative estimate of drug-likeness (QED) is 0.893. The molecule has 1 aliphatic carbocycles. The number of anilines is 1. The van der Waals surface area contributed by atoms with Gasteiger partial charge in [-0.05, 0) is 12.8 Å². The van der Waals surface area contributed by atoms with Crippen molar-refractivity contribution in [2.45, 2.75) is 39.0 Å². The number of imidazole rings is 1. The van der Waals surface area contributed by atoms with E-state index in [0.29, 0.717) is 18.3 Å². The number of nitrogens with zero attached hydrogens (tertiary/aromatic N) is 4. The number of fused-ring (bicyclic) bond motifs is 1. The molecule has 3 rings (SSSR count). The first-order valence-electron chi connectivity index (χ1n) is 7.27. The Kier molecular flexibility index (Phi) is 3.48. The lowest BCUT2D eigenvalue weighted by Gasteiger charge is -2.20. The fourth-order valence-corrected chi connectivity index (χ4v) is 2.61. The molecule has 1 amide bonds. The Labute approximate surface area is 123 Å². The maximum atomic E-state index is 12.3. The summed E-state index contributed by atoms with van der Waals surface area (Å²) < 4.78 is 1.69. The highest BCUT2D eigenvalue weighted by Gasteiger charge is 2.28. The summed E-state index contributed by atoms with van der Waals surface area (Å²) in [5.74, 6) is 1.82. The summed E-state index contributed by atoms with van der Waals surface area (Å²) in [5, 5.41) is 10.5. The zero-order valence-corrected chi connectivity index (χ0v) is 12.6. The molecule has 1 atom stereocenters. The van der Waals surface area contributed by atoms with Crippen LogP contribution in [-0.4, -0.2) is 30.6 Å². The lowest BCUT2D eigenvalue weighted by molar-refractivity contribution is -0.120. The zero-order chi connectivity index (χ0) is 15.0. The van der Waals surface area contributed by atoms with E-state index >= 15 is 0 Å². The van der Waals surface area contributed by atoms with Gasteiger partial charge in [-0.3, -0.25) is 10.1 Å². The van der Waals surface area contributed by atoms with E-state index < -0.39 is 0 Å². The summed E-state index contributed by atoms with van der Waals surface area (Å²) in [4.78, 5) is 20.3. The van der Waals surface area contributed by atoms with Crippen molar-refractivity contribution >= 4 is 11.9 Å². The number of aryl methyl sites for hydroxylation is 2. The molecule has 21 heavy (non-hydrogen) atoms. The zero-order valence-electron chi connectivity index (χ0n) is 12.6. The highest BCUT2D eigenvalue weighted by atomic mass is 16.2. The van der Waals surface area contributed by atoms with Gasteiger partial charge in [-0.2, -0.15) is 0 Å². The number of carbonyl (C=O) groups excluding carboxylic acids is 1. The van der Waals surface area contributed by atoms with E-state index in [4.69, 9.17) is 0 Å². The van der Waals surface area contributed by atoms with Crippen LogP contribution >= 0.6 is 0 Å². The molecular formula is C14H20N6O. The molecule has 0 spiro atoms. The fourth-order valence-electron chi connectivity index (χ4n) is 2.61. The lowest BCUT2D eigenvalue weighted by Crippen LogP contribution is -2.29. The van der Waals surface area contributed by atoms with Gasteiger partial charge in [0.15, 0.2) is 0 Å². The van der Waals surface area contributed by atoms with E-state index in [1.54, 1.807) is 17.9 Å². The van der Waals surface area contributed by atoms with E-state index in [1.807, 2.05) is 0 Å². The third-order valence-electron chi connectivity index (χ3n) is 3.93. The van der Waals surface area contributed by atoms with Crippen LogP contribution in [0.15, 0.2) is 6.33 Å². The first-order chi connectivity index (χ1) is 10.0. The van der Waals surface area contributed by atoms with Gasteiger partial charge in [0.25, 0.3) is 0 Å². The number of carbonyl (C=O) groups is 1. The van der Waals surface area contributed by atoms with Gasteiger partial charge >= 0.3 is 0 Å². The third-order valence-corrected chi connectivity index (χ3v) is 3.93. The molecular weight excluding hydrogens is 268 g/mol. The molecule has 0 radical (unpaired) electrons. The van der Waals surface area contributed by atoms with Crippen LogP contribution in [0.4, 0.5) is 5.95 Å². The summed E-state index contributed by atoms with van der Waals surface area (Å²) in [7, 11) is 1.80. The van der Waals surface area contributed by atoms with Crippen molar-refractivity contribution in [3.05, 3.63) is 23.5 Å². The molecule has 112 valence electrons. The van der Waals surface area contributed by atoms with Crippen molar-refractivity contribution in [3.63, 3.8) is 0 Å². The smallest absolute Gasteiger partial charge is 0.230 e. The molecule has 2 aromatic heterocycles. The molecule has 2 N–H and O–H groups in total. The van der Waals surface area contributed by atoms with Crippen LogP contribution in [0.3, 0.4) is 0 Å². The highest BCUT2D eigenvalue weighted by Crippen LogP contribution is 2.26. The first-order valence-corrected chi connectivity index (χ1v) is 7.27. The van der Waals surface area contributed by atoms with Crippen molar-refractivity contribution in [1.29, 1.82) is 0 Å². The van der Waals surface area contributed by atoms with Crippen molar-refractivity contribution in [1.82, 2.24) is 24.7 Å². The van der Waals surface area contributed by atoms with Crippen LogP contribution in [0.25, 0.3) is 0 Å². The van der Waals surface area contributed by atoms with Crippen molar-refractivity contribution in [2.75, 3.05) is 5.32 Å². The van der Waals surface area contributed by atoms with Crippen molar-refractivity contribution < 1.29 is 4.79 Å². The van der Waals surface area contributed by atoms with Crippen LogP contribution in [-0.2, 0) is 24.7 Å². The van der Waals surface area contributed by atoms with Gasteiger partial charge in [0.2, 0.25) is 11.9 Å². The van der Waals surface area contributed by atoms with Crippen LogP contribution in [0, 0.1) is 5.92 Å². The highest BCUT2D eigenvalue weighted by molar-refractivity contribution is 5.91. The predicted octanol–water partition coefficient (Wildman–Crippen LogP) is 1.41. The van der Waals surface area contributed by atoms with Crippen molar-refractivity contribution in [3.8, 4) is 0 Å². The SMILES string of the molecule is CC(C)c1nc2c([nH]1)CC(C(=O)Nc1nncn1C)CC2. The lowest BCUT2D eigenvalue weighted by atomic mass is 9.89. The van der Waals surface area contributed by atoms with Gasteiger partial charge in [0, 0.05) is 31.0 Å². The Hall–Kier alpha value is -2.18. The molecule has 2 heterocycles. The number of aromatic nitrogens is 5. The molecule has 0 aliphatic heterocycles. The Bertz CT molecular complexity index is 656. The maximum absolute atomic E-state index is 12.3. The van der Waals surface area contributed by atoms with Gasteiger partial charge < -0.3 is 9.55 Å². The average molecular weight is 288 g/mol. The molecule has 7 heteroatoms. The monoisotopic (exact) mass is 288 g/mol. The summed E-state index contributed by atoms with van der Waals surface area (Å²) in [5.41, 5.74) is 2.21. The number of hydrogen-bond donors (Lipinski definition) is 2. The number of rotatable bonds is 3. The number of H-pyrrole nitrogens is 1. The Morgan fingerprint density at radius 1 is 1.52 bits per heavy atom. The minimum atomic E-state index is -0.0466. The summed E-state index contributed by atoms with van der Waals surface area (Å²) >= 11 is 0. The Balaban J connectivity index is 1.71. The molecule has 2 aromatic rings. The minimum absolute atomic E-state index is 0.00236. The molecule has 7 nitrogen and oxygen atoms in total. The van der Waals surface area contributed by atoms with Gasteiger partial charge in [-0.15, -0.1) is 10.2 Å². The number of nitrogens with one attached hydrogen (secondary N) is 2. The van der Waals surface area contributed by atoms with Gasteiger partial charge in [-0.25, -0.2) is 4.98 Å². The summed E-state index contributed by atoms with van der Waals surface area (Å²) in [6.45, 7) is 4.23. The molecule has 1 unspecified atom stereocenters. The van der Waals surface area contributed by atoms with Crippen LogP contribution < -0.4 is 5.32 Å². The van der Waals surface area contributed by atoms with Crippen LogP contribution in [0.2, 0.25) is 0 Å². The van der Waals surface area contributed by atoms with Crippen LogP contribution in [0.1, 0.15) is 43.4 Å². The van der Waals surface area contributed by atoms with Gasteiger partial charge in [0.05, 0.1) is 5.69 Å². The number of hydrogen-bond acceptors (Lipinski definition) is 4. The second kappa shape index (κ2) is 5.31. The van der Waals surface area contributed by atoms with E-state index in [1.165, 1.54) is 0 Å². The van der Waals surface area contributed by atoms with Gasteiger partial charge in [-0.1, -0.05) is 13.8 Å².